The van der Waals surface area contributed by atoms with Crippen LogP contribution in [0.2, 0.25) is 0 Å². The first-order valence-electron chi connectivity index (χ1n) is 6.88. The Morgan fingerprint density at radius 1 is 1.17 bits per heavy atom. The third-order valence-electron chi connectivity index (χ3n) is 2.97. The first kappa shape index (κ1) is 16.1. The van der Waals surface area contributed by atoms with Gasteiger partial charge in [-0.05, 0) is 24.6 Å². The van der Waals surface area contributed by atoms with E-state index in [1.54, 1.807) is 13.0 Å². The Labute approximate surface area is 133 Å². The van der Waals surface area contributed by atoms with E-state index in [0.717, 1.165) is 5.56 Å². The number of rotatable bonds is 5. The summed E-state index contributed by atoms with van der Waals surface area (Å²) in [5.74, 6) is -0.499. The molecular weight excluding hydrogens is 294 g/mol. The number of amides is 1. The van der Waals surface area contributed by atoms with Gasteiger partial charge in [-0.1, -0.05) is 42.5 Å². The van der Waals surface area contributed by atoms with E-state index in [-0.39, 0.29) is 11.3 Å². The molecule has 0 aromatic heterocycles. The molecule has 0 saturated carbocycles. The van der Waals surface area contributed by atoms with Gasteiger partial charge in [-0.25, -0.2) is 5.43 Å². The summed E-state index contributed by atoms with van der Waals surface area (Å²) in [4.78, 5) is 22.1. The molecular formula is C17H15N3O3. The van der Waals surface area contributed by atoms with E-state index in [9.17, 15) is 14.9 Å². The second kappa shape index (κ2) is 7.65. The molecule has 0 aliphatic heterocycles. The topological polar surface area (TPSA) is 84.6 Å². The Morgan fingerprint density at radius 2 is 1.91 bits per heavy atom. The monoisotopic (exact) mass is 309 g/mol. The number of carbonyl (C=O) groups excluding carboxylic acids is 1. The molecule has 0 unspecified atom stereocenters. The number of hydrogen-bond acceptors (Lipinski definition) is 4. The summed E-state index contributed by atoms with van der Waals surface area (Å²) < 4.78 is 0. The van der Waals surface area contributed by atoms with Gasteiger partial charge in [0, 0.05) is 17.7 Å². The number of carbonyl (C=O) groups is 1. The van der Waals surface area contributed by atoms with Crippen molar-refractivity contribution in [2.75, 3.05) is 0 Å². The molecule has 2 aromatic rings. The van der Waals surface area contributed by atoms with Crippen molar-refractivity contribution >= 4 is 23.4 Å². The average molecular weight is 309 g/mol. The number of nitro groups is 1. The van der Waals surface area contributed by atoms with Gasteiger partial charge in [0.2, 0.25) is 0 Å². The van der Waals surface area contributed by atoms with Gasteiger partial charge in [-0.3, -0.25) is 14.9 Å². The van der Waals surface area contributed by atoms with E-state index in [4.69, 9.17) is 0 Å². The summed E-state index contributed by atoms with van der Waals surface area (Å²) in [5.41, 5.74) is 4.05. The second-order valence-electron chi connectivity index (χ2n) is 4.75. The van der Waals surface area contributed by atoms with Gasteiger partial charge in [-0.15, -0.1) is 0 Å². The van der Waals surface area contributed by atoms with Crippen LogP contribution in [0.3, 0.4) is 0 Å². The summed E-state index contributed by atoms with van der Waals surface area (Å²) in [6.07, 6.45) is 3.64. The SMILES string of the molecule is CC(/C=C/c1ccccc1)=N\NC(=O)c1cccc([N+](=O)[O-])c1. The molecule has 116 valence electrons. The third-order valence-corrected chi connectivity index (χ3v) is 2.97. The lowest BCUT2D eigenvalue weighted by molar-refractivity contribution is -0.384. The number of hydrogen-bond donors (Lipinski definition) is 1. The molecule has 2 rings (SSSR count). The van der Waals surface area contributed by atoms with E-state index in [1.165, 1.54) is 24.3 Å². The molecule has 0 bridgehead atoms. The third kappa shape index (κ3) is 4.89. The lowest BCUT2D eigenvalue weighted by Gasteiger charge is -2.00. The van der Waals surface area contributed by atoms with Crippen molar-refractivity contribution in [3.8, 4) is 0 Å². The highest BCUT2D eigenvalue weighted by atomic mass is 16.6. The predicted molar refractivity (Wildman–Crippen MR) is 89.1 cm³/mol. The predicted octanol–water partition coefficient (Wildman–Crippen LogP) is 3.41. The zero-order valence-electron chi connectivity index (χ0n) is 12.5. The van der Waals surface area contributed by atoms with Crippen LogP contribution in [0, 0.1) is 10.1 Å². The van der Waals surface area contributed by atoms with Crippen molar-refractivity contribution in [3.05, 3.63) is 81.9 Å². The molecule has 0 heterocycles. The zero-order chi connectivity index (χ0) is 16.7. The van der Waals surface area contributed by atoms with Gasteiger partial charge in [-0.2, -0.15) is 5.10 Å². The molecule has 0 radical (unpaired) electrons. The Bertz CT molecular complexity index is 768. The van der Waals surface area contributed by atoms with Crippen LogP contribution in [-0.4, -0.2) is 16.5 Å². The maximum Gasteiger partial charge on any atom is 0.271 e. The minimum atomic E-state index is -0.548. The van der Waals surface area contributed by atoms with E-state index in [1.807, 2.05) is 36.4 Å². The van der Waals surface area contributed by atoms with Crippen LogP contribution in [0.5, 0.6) is 0 Å². The zero-order valence-corrected chi connectivity index (χ0v) is 12.5. The molecule has 1 amide bonds. The quantitative estimate of drug-likeness (QED) is 0.522. The number of benzene rings is 2. The molecule has 0 atom stereocenters. The van der Waals surface area contributed by atoms with Gasteiger partial charge in [0.1, 0.15) is 0 Å². The Hall–Kier alpha value is -3.28. The molecule has 0 aliphatic carbocycles. The Kier molecular flexibility index (Phi) is 5.35. The minimum Gasteiger partial charge on any atom is -0.267 e. The Morgan fingerprint density at radius 3 is 2.61 bits per heavy atom. The van der Waals surface area contributed by atoms with Crippen LogP contribution < -0.4 is 5.43 Å². The lowest BCUT2D eigenvalue weighted by Crippen LogP contribution is -2.18. The highest BCUT2D eigenvalue weighted by molar-refractivity contribution is 5.99. The molecule has 6 heteroatoms. The first-order valence-corrected chi connectivity index (χ1v) is 6.88. The van der Waals surface area contributed by atoms with Gasteiger partial charge >= 0.3 is 0 Å². The van der Waals surface area contributed by atoms with Crippen LogP contribution >= 0.6 is 0 Å². The number of nitrogens with one attached hydrogen (secondary N) is 1. The molecule has 23 heavy (non-hydrogen) atoms. The van der Waals surface area contributed by atoms with Gasteiger partial charge in [0.05, 0.1) is 10.6 Å². The number of nitro benzene ring substituents is 1. The summed E-state index contributed by atoms with van der Waals surface area (Å²) >= 11 is 0. The molecule has 0 spiro atoms. The van der Waals surface area contributed by atoms with Crippen LogP contribution in [0.1, 0.15) is 22.8 Å². The largest absolute Gasteiger partial charge is 0.271 e. The van der Waals surface area contributed by atoms with E-state index in [0.29, 0.717) is 5.71 Å². The van der Waals surface area contributed by atoms with Crippen LogP contribution in [0.25, 0.3) is 6.08 Å². The van der Waals surface area contributed by atoms with Crippen molar-refractivity contribution in [1.82, 2.24) is 5.43 Å². The summed E-state index contributed by atoms with van der Waals surface area (Å²) in [6.45, 7) is 1.74. The normalized spacial score (nSPS) is 11.4. The fraction of sp³-hybridized carbons (Fsp3) is 0.0588. The number of allylic oxidation sites excluding steroid dienone is 1. The van der Waals surface area contributed by atoms with E-state index >= 15 is 0 Å². The summed E-state index contributed by atoms with van der Waals surface area (Å²) in [7, 11) is 0. The molecule has 1 N–H and O–H groups in total. The van der Waals surface area contributed by atoms with E-state index in [2.05, 4.69) is 10.5 Å². The van der Waals surface area contributed by atoms with Crippen molar-refractivity contribution in [1.29, 1.82) is 0 Å². The van der Waals surface area contributed by atoms with E-state index < -0.39 is 10.8 Å². The highest BCUT2D eigenvalue weighted by Gasteiger charge is 2.10. The maximum atomic E-state index is 11.9. The van der Waals surface area contributed by atoms with Crippen LogP contribution in [0.4, 0.5) is 5.69 Å². The fourth-order valence-electron chi connectivity index (χ4n) is 1.78. The smallest absolute Gasteiger partial charge is 0.267 e. The molecule has 0 aliphatic rings. The second-order valence-corrected chi connectivity index (χ2v) is 4.75. The highest BCUT2D eigenvalue weighted by Crippen LogP contribution is 2.12. The minimum absolute atomic E-state index is 0.137. The average Bonchev–Trinajstić information content (AvgIpc) is 2.58. The van der Waals surface area contributed by atoms with Crippen molar-refractivity contribution < 1.29 is 9.72 Å². The standard InChI is InChI=1S/C17H15N3O3/c1-13(10-11-14-6-3-2-4-7-14)18-19-17(21)15-8-5-9-16(12-15)20(22)23/h2-12H,1H3,(H,19,21)/b11-10+,18-13+. The van der Waals surface area contributed by atoms with Gasteiger partial charge < -0.3 is 0 Å². The number of nitrogens with zero attached hydrogens (tertiary/aromatic N) is 2. The van der Waals surface area contributed by atoms with Gasteiger partial charge in [0.25, 0.3) is 11.6 Å². The van der Waals surface area contributed by atoms with Crippen molar-refractivity contribution in [2.24, 2.45) is 5.10 Å². The van der Waals surface area contributed by atoms with Crippen molar-refractivity contribution in [2.45, 2.75) is 6.92 Å². The Balaban J connectivity index is 2.01. The van der Waals surface area contributed by atoms with Gasteiger partial charge in [0.15, 0.2) is 0 Å². The molecule has 6 nitrogen and oxygen atoms in total. The van der Waals surface area contributed by atoms with Crippen LogP contribution in [0.15, 0.2) is 65.8 Å². The number of non-ortho nitro benzene ring substituents is 1. The van der Waals surface area contributed by atoms with Crippen molar-refractivity contribution in [3.63, 3.8) is 0 Å². The lowest BCUT2D eigenvalue weighted by atomic mass is 10.2. The maximum absolute atomic E-state index is 11.9. The van der Waals surface area contributed by atoms with Crippen LogP contribution in [-0.2, 0) is 0 Å². The molecule has 2 aromatic carbocycles. The first-order chi connectivity index (χ1) is 11.1. The number of hydrazone groups is 1. The molecule has 0 saturated heterocycles. The fourth-order valence-corrected chi connectivity index (χ4v) is 1.78. The molecule has 0 fully saturated rings. The summed E-state index contributed by atoms with van der Waals surface area (Å²) in [6, 6.07) is 15.2. The summed E-state index contributed by atoms with van der Waals surface area (Å²) in [5, 5.41) is 14.6.